The summed E-state index contributed by atoms with van der Waals surface area (Å²) >= 11 is 0. The van der Waals surface area contributed by atoms with Crippen molar-refractivity contribution in [2.24, 2.45) is 0 Å². The van der Waals surface area contributed by atoms with E-state index >= 15 is 0 Å². The summed E-state index contributed by atoms with van der Waals surface area (Å²) in [7, 11) is 0. The van der Waals surface area contributed by atoms with Crippen LogP contribution in [0.1, 0.15) is 51.2 Å². The van der Waals surface area contributed by atoms with E-state index in [1.807, 2.05) is 75.4 Å². The first-order valence-corrected chi connectivity index (χ1v) is 10.7. The largest absolute Gasteiger partial charge is 0.494 e. The van der Waals surface area contributed by atoms with Gasteiger partial charge >= 0.3 is 0 Å². The molecule has 2 amide bonds. The molecule has 0 spiro atoms. The first kappa shape index (κ1) is 23.5. The highest BCUT2D eigenvalue weighted by atomic mass is 16.5. The predicted molar refractivity (Wildman–Crippen MR) is 120 cm³/mol. The lowest BCUT2D eigenvalue weighted by Gasteiger charge is -2.30. The second-order valence-electron chi connectivity index (χ2n) is 7.77. The highest BCUT2D eigenvalue weighted by Crippen LogP contribution is 2.14. The van der Waals surface area contributed by atoms with Gasteiger partial charge in [0.25, 0.3) is 0 Å². The van der Waals surface area contributed by atoms with Crippen molar-refractivity contribution >= 4 is 11.8 Å². The summed E-state index contributed by atoms with van der Waals surface area (Å²) in [6, 6.07) is 17.2. The molecule has 0 aliphatic rings. The number of nitrogens with zero attached hydrogens (tertiary/aromatic N) is 1. The van der Waals surface area contributed by atoms with E-state index in [-0.39, 0.29) is 17.9 Å². The summed E-state index contributed by atoms with van der Waals surface area (Å²) in [5.41, 5.74) is 2.18. The van der Waals surface area contributed by atoms with Crippen LogP contribution in [-0.4, -0.2) is 35.4 Å². The molecule has 1 N–H and O–H groups in total. The SMILES string of the molecule is CC[C@@H](C)NC(=O)[C@H](C)N(Cc1ccc(C)cc1)C(=O)CCCOc1ccccc1. The number of aryl methyl sites for hydroxylation is 1. The average Bonchev–Trinajstić information content (AvgIpc) is 2.76. The zero-order valence-corrected chi connectivity index (χ0v) is 18.6. The van der Waals surface area contributed by atoms with Crippen molar-refractivity contribution in [1.82, 2.24) is 10.2 Å². The van der Waals surface area contributed by atoms with Gasteiger partial charge in [-0.2, -0.15) is 0 Å². The van der Waals surface area contributed by atoms with Crippen molar-refractivity contribution in [3.63, 3.8) is 0 Å². The van der Waals surface area contributed by atoms with Gasteiger partial charge in [-0.05, 0) is 51.3 Å². The minimum atomic E-state index is -0.539. The minimum Gasteiger partial charge on any atom is -0.494 e. The van der Waals surface area contributed by atoms with Crippen molar-refractivity contribution in [1.29, 1.82) is 0 Å². The van der Waals surface area contributed by atoms with Crippen molar-refractivity contribution in [2.45, 2.75) is 65.6 Å². The fourth-order valence-corrected chi connectivity index (χ4v) is 3.01. The standard InChI is InChI=1S/C25H34N2O3/c1-5-20(3)26-25(29)21(4)27(18-22-15-13-19(2)14-16-22)24(28)12-9-17-30-23-10-7-6-8-11-23/h6-8,10-11,13-16,20-21H,5,9,12,17-18H2,1-4H3,(H,26,29)/t20-,21+/m1/s1. The molecule has 2 atom stereocenters. The van der Waals surface area contributed by atoms with E-state index in [1.54, 1.807) is 11.8 Å². The number of rotatable bonds is 11. The van der Waals surface area contributed by atoms with Gasteiger partial charge in [0.2, 0.25) is 11.8 Å². The number of benzene rings is 2. The Morgan fingerprint density at radius 1 is 1.03 bits per heavy atom. The maximum absolute atomic E-state index is 13.0. The number of carbonyl (C=O) groups excluding carboxylic acids is 2. The molecule has 5 nitrogen and oxygen atoms in total. The number of para-hydroxylation sites is 1. The number of carbonyl (C=O) groups is 2. The van der Waals surface area contributed by atoms with Crippen molar-refractivity contribution in [2.75, 3.05) is 6.61 Å². The van der Waals surface area contributed by atoms with Crippen LogP contribution >= 0.6 is 0 Å². The van der Waals surface area contributed by atoms with E-state index < -0.39 is 6.04 Å². The van der Waals surface area contributed by atoms with Gasteiger partial charge in [0.15, 0.2) is 0 Å². The smallest absolute Gasteiger partial charge is 0.242 e. The Labute approximate surface area is 180 Å². The van der Waals surface area contributed by atoms with Crippen LogP contribution < -0.4 is 10.1 Å². The Hall–Kier alpha value is -2.82. The molecule has 2 aromatic rings. The van der Waals surface area contributed by atoms with Crippen molar-refractivity contribution in [3.05, 3.63) is 65.7 Å². The Bertz CT molecular complexity index is 790. The normalized spacial score (nSPS) is 12.7. The molecule has 30 heavy (non-hydrogen) atoms. The van der Waals surface area contributed by atoms with Gasteiger partial charge in [0.1, 0.15) is 11.8 Å². The number of ether oxygens (including phenoxy) is 1. The molecule has 0 aromatic heterocycles. The Kier molecular flexibility index (Phi) is 9.39. The molecular weight excluding hydrogens is 376 g/mol. The van der Waals surface area contributed by atoms with Crippen LogP contribution in [0, 0.1) is 6.92 Å². The molecule has 0 aliphatic carbocycles. The molecule has 0 unspecified atom stereocenters. The fraction of sp³-hybridized carbons (Fsp3) is 0.440. The van der Waals surface area contributed by atoms with E-state index in [1.165, 1.54) is 0 Å². The molecule has 0 fully saturated rings. The van der Waals surface area contributed by atoms with Crippen molar-refractivity contribution in [3.8, 4) is 5.75 Å². The molecule has 0 saturated heterocycles. The minimum absolute atomic E-state index is 0.0426. The van der Waals surface area contributed by atoms with Crippen LogP contribution in [0.5, 0.6) is 5.75 Å². The number of hydrogen-bond donors (Lipinski definition) is 1. The number of hydrogen-bond acceptors (Lipinski definition) is 3. The number of nitrogens with one attached hydrogen (secondary N) is 1. The lowest BCUT2D eigenvalue weighted by molar-refractivity contribution is -0.141. The average molecular weight is 411 g/mol. The molecule has 0 saturated carbocycles. The summed E-state index contributed by atoms with van der Waals surface area (Å²) in [5, 5.41) is 2.99. The predicted octanol–water partition coefficient (Wildman–Crippen LogP) is 4.49. The maximum atomic E-state index is 13.0. The quantitative estimate of drug-likeness (QED) is 0.556. The molecule has 0 bridgehead atoms. The highest BCUT2D eigenvalue weighted by molar-refractivity contribution is 5.87. The third-order valence-electron chi connectivity index (χ3n) is 5.19. The molecule has 0 heterocycles. The van der Waals surface area contributed by atoms with Crippen LogP contribution in [0.3, 0.4) is 0 Å². The van der Waals surface area contributed by atoms with Crippen LogP contribution in [0.4, 0.5) is 0 Å². The molecular formula is C25H34N2O3. The second kappa shape index (κ2) is 12.0. The van der Waals surface area contributed by atoms with E-state index in [0.717, 1.165) is 23.3 Å². The topological polar surface area (TPSA) is 58.6 Å². The molecule has 0 aliphatic heterocycles. The third-order valence-corrected chi connectivity index (χ3v) is 5.19. The summed E-state index contributed by atoms with van der Waals surface area (Å²) in [6.45, 7) is 8.69. The summed E-state index contributed by atoms with van der Waals surface area (Å²) < 4.78 is 5.69. The Morgan fingerprint density at radius 2 is 1.70 bits per heavy atom. The third kappa shape index (κ3) is 7.54. The summed E-state index contributed by atoms with van der Waals surface area (Å²) in [4.78, 5) is 27.4. The van der Waals surface area contributed by atoms with Gasteiger partial charge < -0.3 is 15.0 Å². The van der Waals surface area contributed by atoms with Crippen molar-refractivity contribution < 1.29 is 14.3 Å². The van der Waals surface area contributed by atoms with Gasteiger partial charge in [-0.25, -0.2) is 0 Å². The fourth-order valence-electron chi connectivity index (χ4n) is 3.01. The monoisotopic (exact) mass is 410 g/mol. The molecule has 2 rings (SSSR count). The van der Waals surface area contributed by atoms with Crippen LogP contribution in [0.25, 0.3) is 0 Å². The van der Waals surface area contributed by atoms with E-state index in [4.69, 9.17) is 4.74 Å². The first-order chi connectivity index (χ1) is 14.4. The van der Waals surface area contributed by atoms with E-state index in [2.05, 4.69) is 5.32 Å². The highest BCUT2D eigenvalue weighted by Gasteiger charge is 2.26. The zero-order valence-electron chi connectivity index (χ0n) is 18.6. The van der Waals surface area contributed by atoms with Gasteiger partial charge in [-0.15, -0.1) is 0 Å². The van der Waals surface area contributed by atoms with Gasteiger partial charge in [-0.3, -0.25) is 9.59 Å². The summed E-state index contributed by atoms with van der Waals surface area (Å²) in [5.74, 6) is 0.632. The lowest BCUT2D eigenvalue weighted by Crippen LogP contribution is -2.49. The molecule has 0 radical (unpaired) electrons. The first-order valence-electron chi connectivity index (χ1n) is 10.7. The molecule has 2 aromatic carbocycles. The van der Waals surface area contributed by atoms with E-state index in [0.29, 0.717) is 26.0 Å². The summed E-state index contributed by atoms with van der Waals surface area (Å²) in [6.07, 6.45) is 1.78. The second-order valence-corrected chi connectivity index (χ2v) is 7.77. The zero-order chi connectivity index (χ0) is 21.9. The van der Waals surface area contributed by atoms with Gasteiger partial charge in [0, 0.05) is 19.0 Å². The van der Waals surface area contributed by atoms with Crippen LogP contribution in [0.2, 0.25) is 0 Å². The van der Waals surface area contributed by atoms with Crippen LogP contribution in [-0.2, 0) is 16.1 Å². The van der Waals surface area contributed by atoms with Crippen LogP contribution in [0.15, 0.2) is 54.6 Å². The Morgan fingerprint density at radius 3 is 2.33 bits per heavy atom. The lowest BCUT2D eigenvalue weighted by atomic mass is 10.1. The van der Waals surface area contributed by atoms with Gasteiger partial charge in [-0.1, -0.05) is 55.0 Å². The molecule has 5 heteroatoms. The molecule has 162 valence electrons. The van der Waals surface area contributed by atoms with E-state index in [9.17, 15) is 9.59 Å². The van der Waals surface area contributed by atoms with Gasteiger partial charge in [0.05, 0.1) is 6.61 Å². The Balaban J connectivity index is 2.00. The maximum Gasteiger partial charge on any atom is 0.242 e. The number of amides is 2.